The first kappa shape index (κ1) is 15.6. The fraction of sp³-hybridized carbons (Fsp3) is 0.357. The summed E-state index contributed by atoms with van der Waals surface area (Å²) in [6.45, 7) is 2.65. The Labute approximate surface area is 126 Å². The molecule has 8 heteroatoms. The van der Waals surface area contributed by atoms with E-state index in [-0.39, 0.29) is 18.2 Å². The van der Waals surface area contributed by atoms with E-state index in [1.54, 1.807) is 24.3 Å². The van der Waals surface area contributed by atoms with E-state index in [1.807, 2.05) is 6.92 Å². The van der Waals surface area contributed by atoms with Gasteiger partial charge < -0.3 is 9.84 Å². The molecule has 22 heavy (non-hydrogen) atoms. The molecule has 1 heterocycles. The fourth-order valence-electron chi connectivity index (χ4n) is 1.81. The molecule has 0 radical (unpaired) electrons. The van der Waals surface area contributed by atoms with Gasteiger partial charge in [-0.15, -0.1) is 5.10 Å². The maximum absolute atomic E-state index is 11.7. The number of hydrogen-bond donors (Lipinski definition) is 1. The van der Waals surface area contributed by atoms with Crippen molar-refractivity contribution in [2.24, 2.45) is 0 Å². The summed E-state index contributed by atoms with van der Waals surface area (Å²) in [5, 5.41) is 19.7. The summed E-state index contributed by atoms with van der Waals surface area (Å²) >= 11 is 0. The van der Waals surface area contributed by atoms with Crippen molar-refractivity contribution in [2.45, 2.75) is 26.3 Å². The summed E-state index contributed by atoms with van der Waals surface area (Å²) in [7, 11) is 0. The molecule has 1 aromatic carbocycles. The highest BCUT2D eigenvalue weighted by Crippen LogP contribution is 2.08. The Hall–Kier alpha value is -2.77. The molecule has 0 aliphatic heterocycles. The average Bonchev–Trinajstić information content (AvgIpc) is 2.92. The third kappa shape index (κ3) is 4.11. The van der Waals surface area contributed by atoms with Gasteiger partial charge in [-0.05, 0) is 34.5 Å². The van der Waals surface area contributed by atoms with E-state index in [2.05, 4.69) is 15.5 Å². The van der Waals surface area contributed by atoms with Crippen LogP contribution in [0.25, 0.3) is 0 Å². The highest BCUT2D eigenvalue weighted by molar-refractivity contribution is 5.89. The van der Waals surface area contributed by atoms with E-state index in [1.165, 1.54) is 4.68 Å². The molecular formula is C14H16N4O4. The number of rotatable bonds is 7. The standard InChI is InChI=1S/C14H16N4O4/c1-2-7-22-14(21)11-5-3-10(4-6-11)9-18-12(8-13(19)20)15-16-17-18/h3-6H,2,7-9H2,1H3,(H,19,20). The van der Waals surface area contributed by atoms with Gasteiger partial charge >= 0.3 is 11.9 Å². The van der Waals surface area contributed by atoms with Gasteiger partial charge in [0.15, 0.2) is 5.82 Å². The van der Waals surface area contributed by atoms with E-state index in [0.717, 1.165) is 12.0 Å². The minimum Gasteiger partial charge on any atom is -0.481 e. The minimum absolute atomic E-state index is 0.242. The number of carbonyl (C=O) groups is 2. The Morgan fingerprint density at radius 2 is 2.00 bits per heavy atom. The third-order valence-electron chi connectivity index (χ3n) is 2.87. The molecule has 0 unspecified atom stereocenters. The second-order valence-electron chi connectivity index (χ2n) is 4.66. The van der Waals surface area contributed by atoms with Gasteiger partial charge in [0.2, 0.25) is 0 Å². The van der Waals surface area contributed by atoms with Crippen molar-refractivity contribution in [2.75, 3.05) is 6.61 Å². The lowest BCUT2D eigenvalue weighted by Gasteiger charge is -2.06. The van der Waals surface area contributed by atoms with Gasteiger partial charge in [0.25, 0.3) is 0 Å². The van der Waals surface area contributed by atoms with Crippen molar-refractivity contribution < 1.29 is 19.4 Å². The van der Waals surface area contributed by atoms with Crippen LogP contribution in [0.1, 0.15) is 35.1 Å². The van der Waals surface area contributed by atoms with Gasteiger partial charge in [0.05, 0.1) is 18.7 Å². The van der Waals surface area contributed by atoms with E-state index in [0.29, 0.717) is 18.7 Å². The summed E-state index contributed by atoms with van der Waals surface area (Å²) in [5.41, 5.74) is 1.32. The zero-order chi connectivity index (χ0) is 15.9. The zero-order valence-corrected chi connectivity index (χ0v) is 12.1. The lowest BCUT2D eigenvalue weighted by Crippen LogP contribution is -2.12. The van der Waals surface area contributed by atoms with Crippen LogP contribution < -0.4 is 0 Å². The second kappa shape index (κ2) is 7.30. The van der Waals surface area contributed by atoms with Crippen molar-refractivity contribution in [3.8, 4) is 0 Å². The van der Waals surface area contributed by atoms with Gasteiger partial charge in [-0.25, -0.2) is 9.48 Å². The van der Waals surface area contributed by atoms with Gasteiger partial charge in [-0.3, -0.25) is 4.79 Å². The number of carboxylic acid groups (broad SMARTS) is 1. The minimum atomic E-state index is -0.995. The molecule has 8 nitrogen and oxygen atoms in total. The number of ether oxygens (including phenoxy) is 1. The van der Waals surface area contributed by atoms with Crippen LogP contribution in [0.4, 0.5) is 0 Å². The van der Waals surface area contributed by atoms with Crippen LogP contribution in [-0.4, -0.2) is 43.9 Å². The van der Waals surface area contributed by atoms with Crippen molar-refractivity contribution in [3.63, 3.8) is 0 Å². The Balaban J connectivity index is 2.04. The molecule has 0 spiro atoms. The number of benzene rings is 1. The van der Waals surface area contributed by atoms with Crippen LogP contribution in [0, 0.1) is 0 Å². The maximum Gasteiger partial charge on any atom is 0.338 e. The van der Waals surface area contributed by atoms with Crippen LogP contribution in [-0.2, 0) is 22.5 Å². The maximum atomic E-state index is 11.7. The molecule has 1 aromatic heterocycles. The molecule has 0 bridgehead atoms. The number of aromatic nitrogens is 4. The van der Waals surface area contributed by atoms with E-state index in [4.69, 9.17) is 9.84 Å². The molecule has 2 aromatic rings. The number of esters is 1. The van der Waals surface area contributed by atoms with Gasteiger partial charge in [0, 0.05) is 0 Å². The predicted molar refractivity (Wildman–Crippen MR) is 75.3 cm³/mol. The summed E-state index contributed by atoms with van der Waals surface area (Å²) in [5.74, 6) is -1.08. The van der Waals surface area contributed by atoms with E-state index >= 15 is 0 Å². The number of carbonyl (C=O) groups excluding carboxylic acids is 1. The molecule has 2 rings (SSSR count). The molecule has 0 atom stereocenters. The highest BCUT2D eigenvalue weighted by atomic mass is 16.5. The number of aliphatic carboxylic acids is 1. The molecular weight excluding hydrogens is 288 g/mol. The summed E-state index contributed by atoms with van der Waals surface area (Å²) in [4.78, 5) is 22.4. The predicted octanol–water partition coefficient (Wildman–Crippen LogP) is 0.915. The summed E-state index contributed by atoms with van der Waals surface area (Å²) < 4.78 is 6.46. The van der Waals surface area contributed by atoms with Crippen LogP contribution in [0.15, 0.2) is 24.3 Å². The largest absolute Gasteiger partial charge is 0.481 e. The number of hydrogen-bond acceptors (Lipinski definition) is 6. The van der Waals surface area contributed by atoms with Crippen LogP contribution in [0.5, 0.6) is 0 Å². The molecule has 0 aliphatic rings. The molecule has 0 saturated heterocycles. The highest BCUT2D eigenvalue weighted by Gasteiger charge is 2.11. The number of carboxylic acids is 1. The molecule has 0 fully saturated rings. The number of tetrazole rings is 1. The number of nitrogens with zero attached hydrogens (tertiary/aromatic N) is 4. The first-order valence-electron chi connectivity index (χ1n) is 6.83. The van der Waals surface area contributed by atoms with Gasteiger partial charge in [0.1, 0.15) is 6.42 Å². The lowest BCUT2D eigenvalue weighted by atomic mass is 10.1. The fourth-order valence-corrected chi connectivity index (χ4v) is 1.81. The third-order valence-corrected chi connectivity index (χ3v) is 2.87. The Morgan fingerprint density at radius 3 is 2.64 bits per heavy atom. The second-order valence-corrected chi connectivity index (χ2v) is 4.66. The summed E-state index contributed by atoms with van der Waals surface area (Å²) in [6.07, 6.45) is 0.532. The normalized spacial score (nSPS) is 10.4. The Morgan fingerprint density at radius 1 is 1.27 bits per heavy atom. The monoisotopic (exact) mass is 304 g/mol. The molecule has 0 aliphatic carbocycles. The first-order chi connectivity index (χ1) is 10.6. The van der Waals surface area contributed by atoms with Crippen LogP contribution in [0.2, 0.25) is 0 Å². The van der Waals surface area contributed by atoms with Crippen LogP contribution >= 0.6 is 0 Å². The van der Waals surface area contributed by atoms with E-state index < -0.39 is 5.97 Å². The average molecular weight is 304 g/mol. The van der Waals surface area contributed by atoms with E-state index in [9.17, 15) is 9.59 Å². The molecule has 0 saturated carbocycles. The topological polar surface area (TPSA) is 107 Å². The Kier molecular flexibility index (Phi) is 5.18. The Bertz CT molecular complexity index is 651. The van der Waals surface area contributed by atoms with Crippen molar-refractivity contribution in [3.05, 3.63) is 41.2 Å². The molecule has 1 N–H and O–H groups in total. The first-order valence-corrected chi connectivity index (χ1v) is 6.83. The molecule has 116 valence electrons. The SMILES string of the molecule is CCCOC(=O)c1ccc(Cn2nnnc2CC(=O)O)cc1. The van der Waals surface area contributed by atoms with Gasteiger partial charge in [-0.1, -0.05) is 19.1 Å². The molecule has 0 amide bonds. The van der Waals surface area contributed by atoms with Crippen molar-refractivity contribution in [1.82, 2.24) is 20.2 Å². The lowest BCUT2D eigenvalue weighted by molar-refractivity contribution is -0.136. The van der Waals surface area contributed by atoms with Crippen molar-refractivity contribution in [1.29, 1.82) is 0 Å². The summed E-state index contributed by atoms with van der Waals surface area (Å²) in [6, 6.07) is 6.84. The van der Waals surface area contributed by atoms with Crippen molar-refractivity contribution >= 4 is 11.9 Å². The zero-order valence-electron chi connectivity index (χ0n) is 12.1. The quantitative estimate of drug-likeness (QED) is 0.758. The van der Waals surface area contributed by atoms with Gasteiger partial charge in [-0.2, -0.15) is 0 Å². The van der Waals surface area contributed by atoms with Crippen LogP contribution in [0.3, 0.4) is 0 Å². The smallest absolute Gasteiger partial charge is 0.338 e.